The van der Waals surface area contributed by atoms with Gasteiger partial charge in [-0.3, -0.25) is 4.79 Å². The maximum Gasteiger partial charge on any atom is 0.136 e. The van der Waals surface area contributed by atoms with Crippen LogP contribution in [0, 0.1) is 16.7 Å². The maximum absolute atomic E-state index is 11.5. The molecule has 1 unspecified atom stereocenters. The van der Waals surface area contributed by atoms with Crippen molar-refractivity contribution in [1.82, 2.24) is 0 Å². The van der Waals surface area contributed by atoms with Crippen LogP contribution in [0.15, 0.2) is 0 Å². The highest BCUT2D eigenvalue weighted by Crippen LogP contribution is 2.51. The third-order valence-corrected chi connectivity index (χ3v) is 4.31. The van der Waals surface area contributed by atoms with Crippen molar-refractivity contribution in [3.63, 3.8) is 0 Å². The number of ketones is 1. The highest BCUT2D eigenvalue weighted by Gasteiger charge is 2.47. The molecule has 1 heteroatoms. The van der Waals surface area contributed by atoms with Crippen LogP contribution in [0.5, 0.6) is 0 Å². The van der Waals surface area contributed by atoms with E-state index in [1.807, 2.05) is 0 Å². The Morgan fingerprint density at radius 2 is 1.75 bits per heavy atom. The van der Waals surface area contributed by atoms with E-state index >= 15 is 0 Å². The van der Waals surface area contributed by atoms with E-state index in [1.54, 1.807) is 0 Å². The molecule has 0 aromatic carbocycles. The molecule has 1 aliphatic rings. The standard InChI is InChI=1S/C11H20O/c1-8-9(12)6-7-10(2,3)11(8,4)5/h8H,6-7H2,1-5H3. The normalized spacial score (nSPS) is 33.4. The largest absolute Gasteiger partial charge is 0.299 e. The number of rotatable bonds is 0. The van der Waals surface area contributed by atoms with Crippen LogP contribution in [-0.2, 0) is 4.79 Å². The summed E-state index contributed by atoms with van der Waals surface area (Å²) in [6.45, 7) is 11.1. The minimum atomic E-state index is 0.155. The zero-order chi connectivity index (χ0) is 9.57. The minimum Gasteiger partial charge on any atom is -0.299 e. The summed E-state index contributed by atoms with van der Waals surface area (Å²) in [6.07, 6.45) is 1.82. The van der Waals surface area contributed by atoms with E-state index in [0.717, 1.165) is 12.8 Å². The Morgan fingerprint density at radius 1 is 1.25 bits per heavy atom. The van der Waals surface area contributed by atoms with Crippen molar-refractivity contribution in [2.75, 3.05) is 0 Å². The van der Waals surface area contributed by atoms with Crippen molar-refractivity contribution >= 4 is 5.78 Å². The van der Waals surface area contributed by atoms with Crippen molar-refractivity contribution < 1.29 is 4.79 Å². The first-order valence-corrected chi connectivity index (χ1v) is 4.82. The van der Waals surface area contributed by atoms with Gasteiger partial charge in [0.15, 0.2) is 0 Å². The summed E-state index contributed by atoms with van der Waals surface area (Å²) in [5.41, 5.74) is 0.461. The number of hydrogen-bond acceptors (Lipinski definition) is 1. The highest BCUT2D eigenvalue weighted by atomic mass is 16.1. The molecular formula is C11H20O. The van der Waals surface area contributed by atoms with Gasteiger partial charge >= 0.3 is 0 Å². The van der Waals surface area contributed by atoms with Gasteiger partial charge in [-0.2, -0.15) is 0 Å². The van der Waals surface area contributed by atoms with Crippen LogP contribution < -0.4 is 0 Å². The molecule has 70 valence electrons. The van der Waals surface area contributed by atoms with Crippen molar-refractivity contribution in [1.29, 1.82) is 0 Å². The summed E-state index contributed by atoms with van der Waals surface area (Å²) >= 11 is 0. The molecular weight excluding hydrogens is 148 g/mol. The molecule has 0 bridgehead atoms. The Bertz CT molecular complexity index is 201. The Balaban J connectivity index is 2.96. The molecule has 0 spiro atoms. The van der Waals surface area contributed by atoms with E-state index in [1.165, 1.54) is 0 Å². The number of Topliss-reactive ketones (excluding diaryl/α,β-unsaturated/α-hetero) is 1. The predicted molar refractivity (Wildman–Crippen MR) is 51.0 cm³/mol. The zero-order valence-corrected chi connectivity index (χ0v) is 8.90. The lowest BCUT2D eigenvalue weighted by molar-refractivity contribution is -0.135. The molecule has 0 N–H and O–H groups in total. The Kier molecular flexibility index (Phi) is 2.10. The fourth-order valence-electron chi connectivity index (χ4n) is 1.96. The van der Waals surface area contributed by atoms with Crippen LogP contribution >= 0.6 is 0 Å². The smallest absolute Gasteiger partial charge is 0.136 e. The fraction of sp³-hybridized carbons (Fsp3) is 0.909. The first-order valence-electron chi connectivity index (χ1n) is 4.82. The van der Waals surface area contributed by atoms with Gasteiger partial charge < -0.3 is 0 Å². The van der Waals surface area contributed by atoms with E-state index in [9.17, 15) is 4.79 Å². The van der Waals surface area contributed by atoms with Crippen molar-refractivity contribution in [2.24, 2.45) is 16.7 Å². The quantitative estimate of drug-likeness (QED) is 0.543. The Morgan fingerprint density at radius 3 is 2.17 bits per heavy atom. The average Bonchev–Trinajstić information content (AvgIpc) is 1.96. The summed E-state index contributed by atoms with van der Waals surface area (Å²) < 4.78 is 0. The van der Waals surface area contributed by atoms with E-state index < -0.39 is 0 Å². The van der Waals surface area contributed by atoms with Crippen molar-refractivity contribution in [3.05, 3.63) is 0 Å². The van der Waals surface area contributed by atoms with Gasteiger partial charge in [-0.1, -0.05) is 34.6 Å². The molecule has 1 saturated carbocycles. The van der Waals surface area contributed by atoms with Gasteiger partial charge in [0.1, 0.15) is 5.78 Å². The van der Waals surface area contributed by atoms with E-state index in [-0.39, 0.29) is 11.3 Å². The molecule has 1 aliphatic carbocycles. The van der Waals surface area contributed by atoms with Gasteiger partial charge in [0.2, 0.25) is 0 Å². The first-order chi connectivity index (χ1) is 5.29. The lowest BCUT2D eigenvalue weighted by atomic mass is 9.55. The molecule has 0 aliphatic heterocycles. The molecule has 0 aromatic rings. The van der Waals surface area contributed by atoms with Gasteiger partial charge in [0.05, 0.1) is 0 Å². The van der Waals surface area contributed by atoms with E-state index in [4.69, 9.17) is 0 Å². The van der Waals surface area contributed by atoms with E-state index in [0.29, 0.717) is 11.2 Å². The maximum atomic E-state index is 11.5. The summed E-state index contributed by atoms with van der Waals surface area (Å²) in [4.78, 5) is 11.5. The van der Waals surface area contributed by atoms with Gasteiger partial charge in [0.25, 0.3) is 0 Å². The van der Waals surface area contributed by atoms with Crippen LogP contribution in [-0.4, -0.2) is 5.78 Å². The van der Waals surface area contributed by atoms with Crippen LogP contribution in [0.3, 0.4) is 0 Å². The van der Waals surface area contributed by atoms with Crippen LogP contribution in [0.25, 0.3) is 0 Å². The number of carbonyl (C=O) groups excluding carboxylic acids is 1. The van der Waals surface area contributed by atoms with Gasteiger partial charge in [0, 0.05) is 12.3 Å². The summed E-state index contributed by atoms with van der Waals surface area (Å²) in [7, 11) is 0. The lowest BCUT2D eigenvalue weighted by Crippen LogP contribution is -2.45. The molecule has 0 heterocycles. The second kappa shape index (κ2) is 2.58. The molecule has 0 radical (unpaired) electrons. The first kappa shape index (κ1) is 9.76. The molecule has 1 nitrogen and oxygen atoms in total. The average molecular weight is 168 g/mol. The summed E-state index contributed by atoms with van der Waals surface area (Å²) in [6, 6.07) is 0. The van der Waals surface area contributed by atoms with Crippen molar-refractivity contribution in [2.45, 2.75) is 47.5 Å². The molecule has 1 fully saturated rings. The predicted octanol–water partition coefficient (Wildman–Crippen LogP) is 3.04. The minimum absolute atomic E-state index is 0.155. The third-order valence-electron chi connectivity index (χ3n) is 4.31. The van der Waals surface area contributed by atoms with Gasteiger partial charge in [-0.25, -0.2) is 0 Å². The van der Waals surface area contributed by atoms with Crippen LogP contribution in [0.4, 0.5) is 0 Å². The van der Waals surface area contributed by atoms with E-state index in [2.05, 4.69) is 34.6 Å². The fourth-order valence-corrected chi connectivity index (χ4v) is 1.96. The zero-order valence-electron chi connectivity index (χ0n) is 8.90. The third kappa shape index (κ3) is 1.19. The molecule has 0 aromatic heterocycles. The highest BCUT2D eigenvalue weighted by molar-refractivity contribution is 5.82. The number of hydrogen-bond donors (Lipinski definition) is 0. The molecule has 0 saturated heterocycles. The molecule has 0 amide bonds. The second-order valence-electron chi connectivity index (χ2n) is 5.29. The topological polar surface area (TPSA) is 17.1 Å². The SMILES string of the molecule is CC1C(=O)CCC(C)(C)C1(C)C. The molecule has 1 rings (SSSR count). The Labute approximate surface area is 75.5 Å². The van der Waals surface area contributed by atoms with Crippen LogP contribution in [0.1, 0.15) is 47.5 Å². The monoisotopic (exact) mass is 168 g/mol. The molecule has 1 atom stereocenters. The second-order valence-corrected chi connectivity index (χ2v) is 5.29. The van der Waals surface area contributed by atoms with Gasteiger partial charge in [-0.05, 0) is 17.3 Å². The lowest BCUT2D eigenvalue weighted by Gasteiger charge is -2.49. The number of carbonyl (C=O) groups is 1. The van der Waals surface area contributed by atoms with Gasteiger partial charge in [-0.15, -0.1) is 0 Å². The van der Waals surface area contributed by atoms with Crippen molar-refractivity contribution in [3.8, 4) is 0 Å². The Hall–Kier alpha value is -0.330. The summed E-state index contributed by atoms with van der Waals surface area (Å²) in [5.74, 6) is 0.667. The summed E-state index contributed by atoms with van der Waals surface area (Å²) in [5, 5.41) is 0. The van der Waals surface area contributed by atoms with Crippen LogP contribution in [0.2, 0.25) is 0 Å². The molecule has 12 heavy (non-hydrogen) atoms.